The number of aryl methyl sites for hydroxylation is 1. The Morgan fingerprint density at radius 1 is 1.29 bits per heavy atom. The molecule has 0 aliphatic rings. The third-order valence-electron chi connectivity index (χ3n) is 2.76. The summed E-state index contributed by atoms with van der Waals surface area (Å²) in [5.41, 5.74) is 0.0541. The fourth-order valence-electron chi connectivity index (χ4n) is 1.80. The summed E-state index contributed by atoms with van der Waals surface area (Å²) in [5.74, 6) is 0. The molecule has 0 amide bonds. The Balaban J connectivity index is 1.99. The second-order valence-corrected chi connectivity index (χ2v) is 4.91. The first-order chi connectivity index (χ1) is 8.33. The van der Waals surface area contributed by atoms with E-state index in [1.807, 2.05) is 11.4 Å². The summed E-state index contributed by atoms with van der Waals surface area (Å²) in [6.07, 6.45) is 5.48. The van der Waals surface area contributed by atoms with Gasteiger partial charge in [-0.2, -0.15) is 0 Å². The first-order valence-electron chi connectivity index (χ1n) is 5.86. The second kappa shape index (κ2) is 5.93. The van der Waals surface area contributed by atoms with E-state index in [-0.39, 0.29) is 12.2 Å². The van der Waals surface area contributed by atoms with Gasteiger partial charge in [0.1, 0.15) is 4.83 Å². The molecule has 0 saturated carbocycles. The number of aliphatic hydroxyl groups excluding tert-OH is 1. The lowest BCUT2D eigenvalue weighted by molar-refractivity contribution is 0.282. The zero-order valence-corrected chi connectivity index (χ0v) is 10.4. The summed E-state index contributed by atoms with van der Waals surface area (Å²) in [7, 11) is 0. The van der Waals surface area contributed by atoms with Crippen LogP contribution in [-0.4, -0.2) is 21.3 Å². The van der Waals surface area contributed by atoms with Gasteiger partial charge in [-0.3, -0.25) is 9.36 Å². The Morgan fingerprint density at radius 2 is 2.12 bits per heavy atom. The molecule has 0 radical (unpaired) electrons. The van der Waals surface area contributed by atoms with E-state index < -0.39 is 0 Å². The number of rotatable bonds is 6. The van der Waals surface area contributed by atoms with Crippen LogP contribution in [0.2, 0.25) is 0 Å². The van der Waals surface area contributed by atoms with Crippen molar-refractivity contribution < 1.29 is 5.11 Å². The summed E-state index contributed by atoms with van der Waals surface area (Å²) >= 11 is 1.49. The van der Waals surface area contributed by atoms with Crippen molar-refractivity contribution >= 4 is 21.6 Å². The summed E-state index contributed by atoms with van der Waals surface area (Å²) in [4.78, 5) is 17.1. The highest BCUT2D eigenvalue weighted by Gasteiger charge is 2.04. The lowest BCUT2D eigenvalue weighted by Gasteiger charge is -2.04. The van der Waals surface area contributed by atoms with Gasteiger partial charge in [0.15, 0.2) is 0 Å². The third kappa shape index (κ3) is 2.92. The first kappa shape index (κ1) is 12.3. The lowest BCUT2D eigenvalue weighted by atomic mass is 10.2. The molecule has 2 rings (SSSR count). The molecular weight excluding hydrogens is 236 g/mol. The maximum atomic E-state index is 12.0. The highest BCUT2D eigenvalue weighted by Crippen LogP contribution is 2.13. The van der Waals surface area contributed by atoms with Crippen LogP contribution in [0.1, 0.15) is 25.7 Å². The molecule has 0 aromatic carbocycles. The Hall–Kier alpha value is -1.20. The summed E-state index contributed by atoms with van der Waals surface area (Å²) in [6.45, 7) is 0.964. The van der Waals surface area contributed by atoms with Gasteiger partial charge in [-0.25, -0.2) is 4.98 Å². The van der Waals surface area contributed by atoms with Gasteiger partial charge in [-0.05, 0) is 24.3 Å². The van der Waals surface area contributed by atoms with Crippen LogP contribution >= 0.6 is 11.3 Å². The number of hydrogen-bond donors (Lipinski definition) is 1. The maximum Gasteiger partial charge on any atom is 0.262 e. The molecule has 0 aliphatic carbocycles. The van der Waals surface area contributed by atoms with Crippen molar-refractivity contribution in [3.8, 4) is 0 Å². The SMILES string of the molecule is O=c1c2ccsc2ncn1CCCCCCO. The highest BCUT2D eigenvalue weighted by molar-refractivity contribution is 7.16. The van der Waals surface area contributed by atoms with Gasteiger partial charge in [0, 0.05) is 13.2 Å². The van der Waals surface area contributed by atoms with Crippen molar-refractivity contribution in [3.63, 3.8) is 0 Å². The van der Waals surface area contributed by atoms with Crippen LogP contribution in [0.3, 0.4) is 0 Å². The third-order valence-corrected chi connectivity index (χ3v) is 3.58. The van der Waals surface area contributed by atoms with Crippen LogP contribution < -0.4 is 5.56 Å². The Labute approximate surface area is 104 Å². The van der Waals surface area contributed by atoms with Gasteiger partial charge in [0.05, 0.1) is 11.7 Å². The quantitative estimate of drug-likeness (QED) is 0.800. The number of aromatic nitrogens is 2. The van der Waals surface area contributed by atoms with Gasteiger partial charge in [0.25, 0.3) is 5.56 Å². The topological polar surface area (TPSA) is 55.1 Å². The van der Waals surface area contributed by atoms with Crippen molar-refractivity contribution in [2.45, 2.75) is 32.2 Å². The van der Waals surface area contributed by atoms with Gasteiger partial charge >= 0.3 is 0 Å². The highest BCUT2D eigenvalue weighted by atomic mass is 32.1. The molecule has 0 saturated heterocycles. The molecule has 0 fully saturated rings. The molecule has 2 aromatic rings. The first-order valence-corrected chi connectivity index (χ1v) is 6.74. The van der Waals surface area contributed by atoms with E-state index in [0.717, 1.165) is 30.5 Å². The van der Waals surface area contributed by atoms with Crippen LogP contribution in [0.25, 0.3) is 10.2 Å². The average Bonchev–Trinajstić information content (AvgIpc) is 2.80. The molecule has 4 nitrogen and oxygen atoms in total. The molecule has 0 atom stereocenters. The van der Waals surface area contributed by atoms with Crippen LogP contribution in [0, 0.1) is 0 Å². The van der Waals surface area contributed by atoms with Crippen molar-refractivity contribution in [1.29, 1.82) is 0 Å². The normalized spacial score (nSPS) is 11.1. The maximum absolute atomic E-state index is 12.0. The predicted molar refractivity (Wildman–Crippen MR) is 69.4 cm³/mol. The summed E-state index contributed by atoms with van der Waals surface area (Å²) < 4.78 is 1.67. The van der Waals surface area contributed by atoms with Crippen molar-refractivity contribution in [2.24, 2.45) is 0 Å². The lowest BCUT2D eigenvalue weighted by Crippen LogP contribution is -2.19. The molecule has 0 bridgehead atoms. The molecule has 5 heteroatoms. The standard InChI is InChI=1S/C12H16N2O2S/c15-7-4-2-1-3-6-14-9-13-11-10(12(14)16)5-8-17-11/h5,8-9,15H,1-4,6-7H2. The van der Waals surface area contributed by atoms with E-state index in [2.05, 4.69) is 4.98 Å². The van der Waals surface area contributed by atoms with Crippen molar-refractivity contribution in [3.05, 3.63) is 28.1 Å². The Morgan fingerprint density at radius 3 is 2.94 bits per heavy atom. The van der Waals surface area contributed by atoms with Crippen molar-refractivity contribution in [1.82, 2.24) is 9.55 Å². The zero-order chi connectivity index (χ0) is 12.1. The van der Waals surface area contributed by atoms with E-state index in [9.17, 15) is 4.79 Å². The smallest absolute Gasteiger partial charge is 0.262 e. The minimum Gasteiger partial charge on any atom is -0.396 e. The number of nitrogens with zero attached hydrogens (tertiary/aromatic N) is 2. The molecule has 0 spiro atoms. The summed E-state index contributed by atoms with van der Waals surface area (Å²) in [5, 5.41) is 11.3. The van der Waals surface area contributed by atoms with Crippen LogP contribution in [-0.2, 0) is 6.54 Å². The largest absolute Gasteiger partial charge is 0.396 e. The minimum atomic E-state index is 0.0541. The predicted octanol–water partition coefficient (Wildman–Crippen LogP) is 2.01. The van der Waals surface area contributed by atoms with Crippen LogP contribution in [0.4, 0.5) is 0 Å². The number of thiophene rings is 1. The zero-order valence-electron chi connectivity index (χ0n) is 9.63. The van der Waals surface area contributed by atoms with Crippen molar-refractivity contribution in [2.75, 3.05) is 6.61 Å². The fraction of sp³-hybridized carbons (Fsp3) is 0.500. The molecule has 17 heavy (non-hydrogen) atoms. The Bertz CT molecular complexity index is 533. The van der Waals surface area contributed by atoms with Crippen LogP contribution in [0.5, 0.6) is 0 Å². The van der Waals surface area contributed by atoms with Gasteiger partial charge in [-0.1, -0.05) is 12.8 Å². The average molecular weight is 252 g/mol. The summed E-state index contributed by atoms with van der Waals surface area (Å²) in [6, 6.07) is 1.83. The molecule has 92 valence electrons. The molecular formula is C12H16N2O2S. The van der Waals surface area contributed by atoms with E-state index in [1.165, 1.54) is 11.3 Å². The van der Waals surface area contributed by atoms with E-state index in [0.29, 0.717) is 11.9 Å². The fourth-order valence-corrected chi connectivity index (χ4v) is 2.52. The second-order valence-electron chi connectivity index (χ2n) is 4.02. The van der Waals surface area contributed by atoms with E-state index >= 15 is 0 Å². The molecule has 2 aromatic heterocycles. The van der Waals surface area contributed by atoms with Crippen LogP contribution in [0.15, 0.2) is 22.6 Å². The molecule has 1 N–H and O–H groups in total. The number of aliphatic hydroxyl groups is 1. The molecule has 2 heterocycles. The number of fused-ring (bicyclic) bond motifs is 1. The molecule has 0 aliphatic heterocycles. The van der Waals surface area contributed by atoms with E-state index in [4.69, 9.17) is 5.11 Å². The van der Waals surface area contributed by atoms with Gasteiger partial charge in [0.2, 0.25) is 0 Å². The Kier molecular flexibility index (Phi) is 4.28. The minimum absolute atomic E-state index is 0.0541. The number of hydrogen-bond acceptors (Lipinski definition) is 4. The van der Waals surface area contributed by atoms with E-state index in [1.54, 1.807) is 10.9 Å². The van der Waals surface area contributed by atoms with Gasteiger partial charge in [-0.15, -0.1) is 11.3 Å². The van der Waals surface area contributed by atoms with Gasteiger partial charge < -0.3 is 5.11 Å². The molecule has 0 unspecified atom stereocenters. The monoisotopic (exact) mass is 252 g/mol. The number of unbranched alkanes of at least 4 members (excludes halogenated alkanes) is 3.